The molecule has 1 amide bonds. The first kappa shape index (κ1) is 20.4. The van der Waals surface area contributed by atoms with Crippen molar-refractivity contribution in [3.8, 4) is 5.75 Å². The number of amides is 1. The number of carbonyl (C=O) groups excluding carboxylic acids is 1. The van der Waals surface area contributed by atoms with E-state index in [0.29, 0.717) is 13.0 Å². The van der Waals surface area contributed by atoms with E-state index in [-0.39, 0.29) is 17.4 Å². The number of sulfonamides is 1. The van der Waals surface area contributed by atoms with Gasteiger partial charge in [-0.2, -0.15) is 0 Å². The number of rotatable bonds is 7. The fraction of sp³-hybridized carbons (Fsp3) is 0.381. The van der Waals surface area contributed by atoms with Crippen LogP contribution >= 0.6 is 0 Å². The number of benzene rings is 2. The molecular formula is C21H26N2O4S. The maximum atomic E-state index is 12.7. The molecule has 2 aromatic carbocycles. The summed E-state index contributed by atoms with van der Waals surface area (Å²) in [5.74, 6) is 0.822. The number of carbonyl (C=O) groups is 1. The van der Waals surface area contributed by atoms with Crippen LogP contribution in [0.5, 0.6) is 5.75 Å². The molecule has 1 aliphatic heterocycles. The second-order valence-electron chi connectivity index (χ2n) is 7.20. The predicted octanol–water partition coefficient (Wildman–Crippen LogP) is 3.18. The first-order valence-electron chi connectivity index (χ1n) is 9.40. The summed E-state index contributed by atoms with van der Waals surface area (Å²) in [6.45, 7) is 6.44. The number of ether oxygens (including phenoxy) is 1. The molecule has 0 saturated carbocycles. The molecule has 1 atom stereocenters. The molecule has 0 aromatic heterocycles. The van der Waals surface area contributed by atoms with Crippen molar-refractivity contribution < 1.29 is 17.9 Å². The Kier molecular flexibility index (Phi) is 6.05. The molecule has 28 heavy (non-hydrogen) atoms. The van der Waals surface area contributed by atoms with Crippen LogP contribution in [0, 0.1) is 13.8 Å². The highest BCUT2D eigenvalue weighted by Gasteiger charge is 2.25. The van der Waals surface area contributed by atoms with E-state index in [2.05, 4.69) is 4.72 Å². The number of hydrogen-bond donors (Lipinski definition) is 1. The van der Waals surface area contributed by atoms with Gasteiger partial charge in [0.1, 0.15) is 12.4 Å². The Labute approximate surface area is 166 Å². The van der Waals surface area contributed by atoms with Crippen LogP contribution in [0.4, 0.5) is 5.69 Å². The van der Waals surface area contributed by atoms with Gasteiger partial charge in [-0.25, -0.2) is 13.1 Å². The van der Waals surface area contributed by atoms with Crippen molar-refractivity contribution in [2.45, 2.75) is 44.6 Å². The zero-order valence-electron chi connectivity index (χ0n) is 16.4. The number of hydrogen-bond acceptors (Lipinski definition) is 4. The fourth-order valence-electron chi connectivity index (χ4n) is 3.30. The maximum absolute atomic E-state index is 12.7. The minimum absolute atomic E-state index is 0.0822. The normalized spacial score (nSPS) is 15.7. The van der Waals surface area contributed by atoms with Crippen LogP contribution in [0.25, 0.3) is 0 Å². The molecule has 150 valence electrons. The first-order valence-corrected chi connectivity index (χ1v) is 10.9. The van der Waals surface area contributed by atoms with Crippen LogP contribution in [0.2, 0.25) is 0 Å². The summed E-state index contributed by atoms with van der Waals surface area (Å²) in [5.41, 5.74) is 2.54. The molecular weight excluding hydrogens is 376 g/mol. The molecule has 0 radical (unpaired) electrons. The van der Waals surface area contributed by atoms with Gasteiger partial charge >= 0.3 is 0 Å². The Balaban J connectivity index is 1.67. The quantitative estimate of drug-likeness (QED) is 0.772. The van der Waals surface area contributed by atoms with E-state index in [9.17, 15) is 13.2 Å². The Bertz CT molecular complexity index is 972. The van der Waals surface area contributed by atoms with Gasteiger partial charge < -0.3 is 9.64 Å². The van der Waals surface area contributed by atoms with Crippen LogP contribution < -0.4 is 14.4 Å². The minimum atomic E-state index is -3.68. The molecule has 1 saturated heterocycles. The monoisotopic (exact) mass is 402 g/mol. The standard InChI is InChI=1S/C21H26N2O4S/c1-15-7-4-5-8-20(15)27-14-17(3)22-28(25,26)18-10-11-19(16(2)13-18)23-12-6-9-21(23)24/h4-5,7-8,10-11,13,17,22H,6,9,12,14H2,1-3H3. The zero-order chi connectivity index (χ0) is 20.3. The first-order chi connectivity index (χ1) is 13.3. The Morgan fingerprint density at radius 1 is 1.14 bits per heavy atom. The van der Waals surface area contributed by atoms with Gasteiger partial charge in [-0.3, -0.25) is 4.79 Å². The summed E-state index contributed by atoms with van der Waals surface area (Å²) in [6, 6.07) is 12.1. The highest BCUT2D eigenvalue weighted by atomic mass is 32.2. The lowest BCUT2D eigenvalue weighted by molar-refractivity contribution is -0.117. The van der Waals surface area contributed by atoms with Crippen molar-refractivity contribution in [1.82, 2.24) is 4.72 Å². The number of anilines is 1. The van der Waals surface area contributed by atoms with Crippen molar-refractivity contribution in [2.75, 3.05) is 18.1 Å². The summed E-state index contributed by atoms with van der Waals surface area (Å²) < 4.78 is 33.8. The molecule has 1 N–H and O–H groups in total. The summed E-state index contributed by atoms with van der Waals surface area (Å²) in [6.07, 6.45) is 1.37. The van der Waals surface area contributed by atoms with Gasteiger partial charge in [-0.1, -0.05) is 18.2 Å². The third kappa shape index (κ3) is 4.54. The van der Waals surface area contributed by atoms with Gasteiger partial charge in [-0.05, 0) is 62.6 Å². The lowest BCUT2D eigenvalue weighted by Gasteiger charge is -2.20. The minimum Gasteiger partial charge on any atom is -0.492 e. The predicted molar refractivity (Wildman–Crippen MR) is 109 cm³/mol. The molecule has 3 rings (SSSR count). The van der Waals surface area contributed by atoms with Gasteiger partial charge in [0.25, 0.3) is 0 Å². The smallest absolute Gasteiger partial charge is 0.240 e. The molecule has 0 bridgehead atoms. The molecule has 0 aliphatic carbocycles. The Hall–Kier alpha value is -2.38. The van der Waals surface area contributed by atoms with Crippen molar-refractivity contribution >= 4 is 21.6 Å². The van der Waals surface area contributed by atoms with Crippen LogP contribution in [-0.2, 0) is 14.8 Å². The van der Waals surface area contributed by atoms with E-state index >= 15 is 0 Å². The van der Waals surface area contributed by atoms with Crippen LogP contribution in [0.1, 0.15) is 30.9 Å². The average Bonchev–Trinajstić information content (AvgIpc) is 3.06. The molecule has 1 fully saturated rings. The summed E-state index contributed by atoms with van der Waals surface area (Å²) >= 11 is 0. The molecule has 1 aliphatic rings. The molecule has 0 spiro atoms. The van der Waals surface area contributed by atoms with Crippen LogP contribution in [-0.4, -0.2) is 33.5 Å². The second-order valence-corrected chi connectivity index (χ2v) is 8.91. The number of aryl methyl sites for hydroxylation is 2. The SMILES string of the molecule is Cc1ccccc1OCC(C)NS(=O)(=O)c1ccc(N2CCCC2=O)c(C)c1. The highest BCUT2D eigenvalue weighted by molar-refractivity contribution is 7.89. The topological polar surface area (TPSA) is 75.7 Å². The molecule has 1 heterocycles. The van der Waals surface area contributed by atoms with Crippen molar-refractivity contribution in [3.05, 3.63) is 53.6 Å². The van der Waals surface area contributed by atoms with Crippen molar-refractivity contribution in [2.24, 2.45) is 0 Å². The zero-order valence-corrected chi connectivity index (χ0v) is 17.3. The van der Waals surface area contributed by atoms with Gasteiger partial charge in [0.2, 0.25) is 15.9 Å². The summed E-state index contributed by atoms with van der Waals surface area (Å²) in [4.78, 5) is 13.9. The maximum Gasteiger partial charge on any atom is 0.240 e. The Morgan fingerprint density at radius 3 is 2.54 bits per heavy atom. The molecule has 7 heteroatoms. The fourth-order valence-corrected chi connectivity index (χ4v) is 4.61. The second kappa shape index (κ2) is 8.32. The van der Waals surface area contributed by atoms with Gasteiger partial charge in [-0.15, -0.1) is 0 Å². The lowest BCUT2D eigenvalue weighted by Crippen LogP contribution is -2.36. The molecule has 1 unspecified atom stereocenters. The Morgan fingerprint density at radius 2 is 1.89 bits per heavy atom. The molecule has 6 nitrogen and oxygen atoms in total. The number of para-hydroxylation sites is 1. The van der Waals surface area contributed by atoms with Crippen molar-refractivity contribution in [1.29, 1.82) is 0 Å². The van der Waals surface area contributed by atoms with Gasteiger partial charge in [0.15, 0.2) is 0 Å². The largest absolute Gasteiger partial charge is 0.492 e. The lowest BCUT2D eigenvalue weighted by atomic mass is 10.2. The van der Waals surface area contributed by atoms with Gasteiger partial charge in [0, 0.05) is 18.7 Å². The number of nitrogens with one attached hydrogen (secondary N) is 1. The van der Waals surface area contributed by atoms with E-state index in [1.807, 2.05) is 38.1 Å². The summed E-state index contributed by atoms with van der Waals surface area (Å²) in [7, 11) is -3.68. The number of nitrogens with zero attached hydrogens (tertiary/aromatic N) is 1. The third-order valence-electron chi connectivity index (χ3n) is 4.78. The van der Waals surface area contributed by atoms with Crippen LogP contribution in [0.3, 0.4) is 0 Å². The third-order valence-corrected chi connectivity index (χ3v) is 6.37. The summed E-state index contributed by atoms with van der Waals surface area (Å²) in [5, 5.41) is 0. The van der Waals surface area contributed by atoms with E-state index in [4.69, 9.17) is 4.74 Å². The van der Waals surface area contributed by atoms with Gasteiger partial charge in [0.05, 0.1) is 10.9 Å². The molecule has 2 aromatic rings. The van der Waals surface area contributed by atoms with E-state index in [1.54, 1.807) is 30.0 Å². The average molecular weight is 403 g/mol. The van der Waals surface area contributed by atoms with E-state index in [0.717, 1.165) is 29.0 Å². The van der Waals surface area contributed by atoms with E-state index in [1.165, 1.54) is 0 Å². The van der Waals surface area contributed by atoms with E-state index < -0.39 is 16.1 Å². The highest BCUT2D eigenvalue weighted by Crippen LogP contribution is 2.27. The van der Waals surface area contributed by atoms with Crippen LogP contribution in [0.15, 0.2) is 47.4 Å². The van der Waals surface area contributed by atoms with Crippen molar-refractivity contribution in [3.63, 3.8) is 0 Å².